The van der Waals surface area contributed by atoms with Gasteiger partial charge in [-0.3, -0.25) is 9.59 Å². The molecule has 0 bridgehead atoms. The number of rotatable bonds is 5. The van der Waals surface area contributed by atoms with E-state index >= 15 is 0 Å². The van der Waals surface area contributed by atoms with Crippen LogP contribution < -0.4 is 5.32 Å². The highest BCUT2D eigenvalue weighted by Gasteiger charge is 2.37. The number of nitrogens with one attached hydrogen (secondary N) is 1. The molecule has 0 aromatic rings. The average molecular weight is 343 g/mol. The summed E-state index contributed by atoms with van der Waals surface area (Å²) < 4.78 is 0. The fourth-order valence-electron chi connectivity index (χ4n) is 3.41. The van der Waals surface area contributed by atoms with Crippen LogP contribution in [0.25, 0.3) is 0 Å². The third kappa shape index (κ3) is 5.38. The lowest BCUT2D eigenvalue weighted by molar-refractivity contribution is -0.123. The summed E-state index contributed by atoms with van der Waals surface area (Å²) in [6, 6.07) is 0. The second-order valence-electron chi connectivity index (χ2n) is 7.99. The van der Waals surface area contributed by atoms with E-state index in [2.05, 4.69) is 26.1 Å². The number of carbonyl (C=O) groups is 2. The Balaban J connectivity index is 1.68. The molecule has 0 spiro atoms. The third-order valence-electron chi connectivity index (χ3n) is 5.21. The van der Waals surface area contributed by atoms with Crippen LogP contribution in [0, 0.1) is 11.3 Å². The second kappa shape index (κ2) is 7.43. The largest absolute Gasteiger partial charge is 0.388 e. The molecule has 2 fully saturated rings. The smallest absolute Gasteiger partial charge is 0.281 e. The Labute approximate surface area is 143 Å². The van der Waals surface area contributed by atoms with Crippen molar-refractivity contribution in [2.24, 2.45) is 11.3 Å². The summed E-state index contributed by atoms with van der Waals surface area (Å²) in [4.78, 5) is 25.1. The summed E-state index contributed by atoms with van der Waals surface area (Å²) in [5.74, 6) is 1.37. The zero-order valence-corrected chi connectivity index (χ0v) is 15.4. The van der Waals surface area contributed by atoms with Crippen molar-refractivity contribution >= 4 is 22.9 Å². The Morgan fingerprint density at radius 1 is 1.39 bits per heavy atom. The van der Waals surface area contributed by atoms with Gasteiger partial charge in [-0.1, -0.05) is 32.5 Å². The van der Waals surface area contributed by atoms with Crippen LogP contribution in [0.4, 0.5) is 4.79 Å². The van der Waals surface area contributed by atoms with E-state index in [9.17, 15) is 14.7 Å². The van der Waals surface area contributed by atoms with Gasteiger partial charge in [0.25, 0.3) is 5.24 Å². The normalized spacial score (nSPS) is 29.0. The van der Waals surface area contributed by atoms with Crippen molar-refractivity contribution in [3.8, 4) is 0 Å². The van der Waals surface area contributed by atoms with Crippen molar-refractivity contribution in [1.29, 1.82) is 0 Å². The van der Waals surface area contributed by atoms with E-state index in [-0.39, 0.29) is 16.6 Å². The lowest BCUT2D eigenvalue weighted by atomic mass is 9.68. The van der Waals surface area contributed by atoms with Gasteiger partial charge in [-0.05, 0) is 37.0 Å². The first-order valence-electron chi connectivity index (χ1n) is 8.60. The average Bonchev–Trinajstić information content (AvgIpc) is 2.88. The summed E-state index contributed by atoms with van der Waals surface area (Å²) >= 11 is 1.31. The highest BCUT2D eigenvalue weighted by atomic mass is 32.2. The highest BCUT2D eigenvalue weighted by molar-refractivity contribution is 8.13. The van der Waals surface area contributed by atoms with Crippen LogP contribution in [-0.2, 0) is 4.79 Å². The van der Waals surface area contributed by atoms with Gasteiger partial charge in [-0.25, -0.2) is 0 Å². The van der Waals surface area contributed by atoms with Crippen LogP contribution in [0.15, 0.2) is 0 Å². The Bertz CT molecular complexity index is 440. The number of hydrogen-bond acceptors (Lipinski definition) is 4. The molecule has 1 aliphatic heterocycles. The first-order chi connectivity index (χ1) is 10.7. The van der Waals surface area contributed by atoms with Gasteiger partial charge in [0.1, 0.15) is 0 Å². The van der Waals surface area contributed by atoms with Crippen molar-refractivity contribution < 1.29 is 14.7 Å². The molecule has 0 radical (unpaired) electrons. The molecule has 1 saturated carbocycles. The molecule has 2 N–H and O–H groups in total. The van der Waals surface area contributed by atoms with Gasteiger partial charge in [0.05, 0.1) is 5.60 Å². The number of aliphatic hydroxyl groups is 1. The molecule has 0 aromatic heterocycles. The van der Waals surface area contributed by atoms with Gasteiger partial charge < -0.3 is 15.3 Å². The summed E-state index contributed by atoms with van der Waals surface area (Å²) in [7, 11) is 0. The summed E-state index contributed by atoms with van der Waals surface area (Å²) in [5.41, 5.74) is -0.485. The molecule has 1 aliphatic carbocycles. The minimum atomic E-state index is -0.767. The van der Waals surface area contributed by atoms with Crippen LogP contribution in [0.2, 0.25) is 0 Å². The molecule has 1 heterocycles. The standard InChI is InChI=1S/C17H30N2O3S/c1-16(2,3)13-4-7-17(22,8-5-13)12-18-14(20)6-9-19-10-11-23-15(19)21/h13,22H,4-12H2,1-3H3,(H,18,20). The topological polar surface area (TPSA) is 69.6 Å². The number of hydrogen-bond donors (Lipinski definition) is 2. The summed E-state index contributed by atoms with van der Waals surface area (Å²) in [5, 5.41) is 13.6. The SMILES string of the molecule is CC(C)(C)C1CCC(O)(CNC(=O)CCN2CCSC2=O)CC1. The molecule has 0 atom stereocenters. The van der Waals surface area contributed by atoms with E-state index in [4.69, 9.17) is 0 Å². The van der Waals surface area contributed by atoms with Crippen molar-refractivity contribution in [2.75, 3.05) is 25.4 Å². The molecule has 0 unspecified atom stereocenters. The van der Waals surface area contributed by atoms with E-state index in [1.54, 1.807) is 4.90 Å². The maximum absolute atomic E-state index is 11.9. The summed E-state index contributed by atoms with van der Waals surface area (Å²) in [6.45, 7) is 8.29. The Morgan fingerprint density at radius 2 is 2.04 bits per heavy atom. The molecular formula is C17H30N2O3S. The van der Waals surface area contributed by atoms with Crippen LogP contribution >= 0.6 is 11.8 Å². The predicted octanol–water partition coefficient (Wildman–Crippen LogP) is 2.63. The quantitative estimate of drug-likeness (QED) is 0.806. The third-order valence-corrected chi connectivity index (χ3v) is 6.10. The van der Waals surface area contributed by atoms with E-state index in [0.717, 1.165) is 38.0 Å². The van der Waals surface area contributed by atoms with Crippen molar-refractivity contribution in [3.63, 3.8) is 0 Å². The zero-order valence-electron chi connectivity index (χ0n) is 14.6. The molecule has 1 saturated heterocycles. The molecule has 2 aliphatic rings. The lowest BCUT2D eigenvalue weighted by Crippen LogP contribution is -2.47. The maximum atomic E-state index is 11.9. The molecular weight excluding hydrogens is 312 g/mol. The highest BCUT2D eigenvalue weighted by Crippen LogP contribution is 2.41. The molecule has 6 heteroatoms. The van der Waals surface area contributed by atoms with Crippen molar-refractivity contribution in [1.82, 2.24) is 10.2 Å². The van der Waals surface area contributed by atoms with Gasteiger partial charge in [0.15, 0.2) is 0 Å². The van der Waals surface area contributed by atoms with Crippen LogP contribution in [0.5, 0.6) is 0 Å². The van der Waals surface area contributed by atoms with Gasteiger partial charge in [-0.15, -0.1) is 0 Å². The van der Waals surface area contributed by atoms with Gasteiger partial charge in [0.2, 0.25) is 5.91 Å². The molecule has 2 amide bonds. The summed E-state index contributed by atoms with van der Waals surface area (Å²) in [6.07, 6.45) is 3.82. The van der Waals surface area contributed by atoms with Crippen molar-refractivity contribution in [2.45, 2.75) is 58.5 Å². The number of carbonyl (C=O) groups excluding carboxylic acids is 2. The van der Waals surface area contributed by atoms with Gasteiger partial charge >= 0.3 is 0 Å². The fourth-order valence-corrected chi connectivity index (χ4v) is 4.27. The maximum Gasteiger partial charge on any atom is 0.281 e. The first-order valence-corrected chi connectivity index (χ1v) is 9.59. The molecule has 23 heavy (non-hydrogen) atoms. The first kappa shape index (κ1) is 18.6. The van der Waals surface area contributed by atoms with Crippen LogP contribution in [0.3, 0.4) is 0 Å². The Hall–Kier alpha value is -0.750. The number of nitrogens with zero attached hydrogens (tertiary/aromatic N) is 1. The molecule has 2 rings (SSSR count). The molecule has 5 nitrogen and oxygen atoms in total. The van der Waals surface area contributed by atoms with E-state index in [1.165, 1.54) is 11.8 Å². The number of amides is 2. The van der Waals surface area contributed by atoms with Gasteiger partial charge in [-0.2, -0.15) is 0 Å². The predicted molar refractivity (Wildman–Crippen MR) is 93.4 cm³/mol. The van der Waals surface area contributed by atoms with Gasteiger partial charge in [0, 0.05) is 31.8 Å². The van der Waals surface area contributed by atoms with Crippen LogP contribution in [-0.4, -0.2) is 52.1 Å². The van der Waals surface area contributed by atoms with E-state index in [1.807, 2.05) is 0 Å². The monoisotopic (exact) mass is 342 g/mol. The second-order valence-corrected chi connectivity index (χ2v) is 9.04. The van der Waals surface area contributed by atoms with E-state index in [0.29, 0.717) is 25.4 Å². The Kier molecular flexibility index (Phi) is 6.00. The minimum absolute atomic E-state index is 0.0666. The lowest BCUT2D eigenvalue weighted by Gasteiger charge is -2.41. The fraction of sp³-hybridized carbons (Fsp3) is 0.882. The Morgan fingerprint density at radius 3 is 2.57 bits per heavy atom. The molecule has 132 valence electrons. The zero-order chi connectivity index (χ0) is 17.1. The minimum Gasteiger partial charge on any atom is -0.388 e. The molecule has 0 aromatic carbocycles. The number of thioether (sulfide) groups is 1. The van der Waals surface area contributed by atoms with Crippen molar-refractivity contribution in [3.05, 3.63) is 0 Å². The van der Waals surface area contributed by atoms with E-state index < -0.39 is 5.60 Å². The van der Waals surface area contributed by atoms with Crippen LogP contribution in [0.1, 0.15) is 52.9 Å².